The molecule has 1 aliphatic rings. The number of carboxylic acid groups (broad SMARTS) is 1. The van der Waals surface area contributed by atoms with Crippen molar-refractivity contribution in [1.82, 2.24) is 20.2 Å². The molecule has 8 nitrogen and oxygen atoms in total. The molecule has 1 fully saturated rings. The van der Waals surface area contributed by atoms with E-state index in [-0.39, 0.29) is 17.1 Å². The minimum absolute atomic E-state index is 0.214. The molecule has 0 aliphatic heterocycles. The van der Waals surface area contributed by atoms with Crippen molar-refractivity contribution in [3.63, 3.8) is 0 Å². The van der Waals surface area contributed by atoms with Crippen molar-refractivity contribution in [3.8, 4) is 0 Å². The van der Waals surface area contributed by atoms with Gasteiger partial charge in [0.15, 0.2) is 5.69 Å². The first-order valence-corrected chi connectivity index (χ1v) is 7.91. The minimum Gasteiger partial charge on any atom is -0.476 e. The standard InChI is InChI=1S/C11H18N4O4S/c1-7-10(9(11(16)17)15-14-7)20(18,19)13-6-2-5-12-8-3-4-8/h8,12-13H,2-6H2,1H3,(H,14,15)(H,16,17). The second-order valence-corrected chi connectivity index (χ2v) is 6.52. The normalized spacial score (nSPS) is 15.4. The highest BCUT2D eigenvalue weighted by molar-refractivity contribution is 7.89. The largest absolute Gasteiger partial charge is 0.476 e. The van der Waals surface area contributed by atoms with E-state index in [0.717, 1.165) is 6.54 Å². The average molecular weight is 302 g/mol. The Bertz CT molecular complexity index is 592. The molecule has 9 heteroatoms. The molecule has 1 aromatic heterocycles. The SMILES string of the molecule is Cc1[nH]nc(C(=O)O)c1S(=O)(=O)NCCCNC1CC1. The van der Waals surface area contributed by atoms with Crippen molar-refractivity contribution in [2.75, 3.05) is 13.1 Å². The number of nitrogens with one attached hydrogen (secondary N) is 3. The van der Waals surface area contributed by atoms with Crippen LogP contribution in [-0.2, 0) is 10.0 Å². The third-order valence-electron chi connectivity index (χ3n) is 3.02. The van der Waals surface area contributed by atoms with Gasteiger partial charge in [-0.1, -0.05) is 0 Å². The number of aromatic nitrogens is 2. The molecule has 1 heterocycles. The fourth-order valence-corrected chi connectivity index (χ4v) is 3.25. The lowest BCUT2D eigenvalue weighted by molar-refractivity contribution is 0.0686. The van der Waals surface area contributed by atoms with Gasteiger partial charge in [-0.25, -0.2) is 17.9 Å². The second-order valence-electron chi connectivity index (χ2n) is 4.81. The fraction of sp³-hybridized carbons (Fsp3) is 0.636. The van der Waals surface area contributed by atoms with Gasteiger partial charge >= 0.3 is 5.97 Å². The van der Waals surface area contributed by atoms with E-state index < -0.39 is 21.7 Å². The van der Waals surface area contributed by atoms with Crippen molar-refractivity contribution >= 4 is 16.0 Å². The highest BCUT2D eigenvalue weighted by Gasteiger charge is 2.27. The summed E-state index contributed by atoms with van der Waals surface area (Å²) >= 11 is 0. The molecule has 20 heavy (non-hydrogen) atoms. The average Bonchev–Trinajstić information content (AvgIpc) is 3.09. The molecule has 112 valence electrons. The van der Waals surface area contributed by atoms with Crippen LogP contribution in [0.3, 0.4) is 0 Å². The lowest BCUT2D eigenvalue weighted by atomic mass is 10.4. The predicted octanol–water partition coefficient (Wildman–Crippen LogP) is -0.163. The van der Waals surface area contributed by atoms with Crippen LogP contribution < -0.4 is 10.0 Å². The molecular formula is C11H18N4O4S. The zero-order valence-corrected chi connectivity index (χ0v) is 12.0. The first-order chi connectivity index (χ1) is 9.42. The molecule has 1 saturated carbocycles. The van der Waals surface area contributed by atoms with Crippen LogP contribution in [0.5, 0.6) is 0 Å². The molecule has 0 spiro atoms. The van der Waals surface area contributed by atoms with E-state index in [0.29, 0.717) is 12.5 Å². The summed E-state index contributed by atoms with van der Waals surface area (Å²) in [6.07, 6.45) is 3.01. The zero-order valence-electron chi connectivity index (χ0n) is 11.1. The molecule has 0 unspecified atom stereocenters. The molecule has 0 amide bonds. The zero-order chi connectivity index (χ0) is 14.8. The number of hydrogen-bond acceptors (Lipinski definition) is 5. The number of nitrogens with zero attached hydrogens (tertiary/aromatic N) is 1. The van der Waals surface area contributed by atoms with Gasteiger partial charge in [0, 0.05) is 12.6 Å². The number of H-pyrrole nitrogens is 1. The maximum absolute atomic E-state index is 12.1. The Morgan fingerprint density at radius 2 is 2.15 bits per heavy atom. The Balaban J connectivity index is 1.95. The Hall–Kier alpha value is -1.45. The topological polar surface area (TPSA) is 124 Å². The monoisotopic (exact) mass is 302 g/mol. The van der Waals surface area contributed by atoms with E-state index in [9.17, 15) is 13.2 Å². The van der Waals surface area contributed by atoms with Gasteiger partial charge in [0.1, 0.15) is 4.90 Å². The molecule has 1 aromatic rings. The molecular weight excluding hydrogens is 284 g/mol. The van der Waals surface area contributed by atoms with Crippen LogP contribution >= 0.6 is 0 Å². The van der Waals surface area contributed by atoms with Crippen molar-refractivity contribution < 1.29 is 18.3 Å². The summed E-state index contributed by atoms with van der Waals surface area (Å²) in [7, 11) is -3.86. The fourth-order valence-electron chi connectivity index (χ4n) is 1.85. The van der Waals surface area contributed by atoms with E-state index in [4.69, 9.17) is 5.11 Å². The van der Waals surface area contributed by atoms with E-state index in [1.165, 1.54) is 19.8 Å². The Morgan fingerprint density at radius 1 is 1.45 bits per heavy atom. The molecule has 4 N–H and O–H groups in total. The molecule has 0 bridgehead atoms. The maximum Gasteiger partial charge on any atom is 0.357 e. The second kappa shape index (κ2) is 5.90. The van der Waals surface area contributed by atoms with E-state index in [1.54, 1.807) is 0 Å². The van der Waals surface area contributed by atoms with Gasteiger partial charge < -0.3 is 10.4 Å². The summed E-state index contributed by atoms with van der Waals surface area (Å²) in [6.45, 7) is 2.47. The summed E-state index contributed by atoms with van der Waals surface area (Å²) in [4.78, 5) is 10.7. The van der Waals surface area contributed by atoms with Crippen LogP contribution in [0.15, 0.2) is 4.90 Å². The number of hydrogen-bond donors (Lipinski definition) is 4. The number of aryl methyl sites for hydroxylation is 1. The molecule has 0 radical (unpaired) electrons. The van der Waals surface area contributed by atoms with E-state index >= 15 is 0 Å². The number of rotatable bonds is 8. The van der Waals surface area contributed by atoms with Crippen LogP contribution in [0.2, 0.25) is 0 Å². The van der Waals surface area contributed by atoms with Gasteiger partial charge in [-0.15, -0.1) is 0 Å². The minimum atomic E-state index is -3.86. The summed E-state index contributed by atoms with van der Waals surface area (Å²) in [5.41, 5.74) is -0.267. The Morgan fingerprint density at radius 3 is 2.75 bits per heavy atom. The van der Waals surface area contributed by atoms with Gasteiger partial charge in [0.05, 0.1) is 5.69 Å². The van der Waals surface area contributed by atoms with Gasteiger partial charge in [-0.3, -0.25) is 5.10 Å². The Kier molecular flexibility index (Phi) is 4.41. The van der Waals surface area contributed by atoms with Gasteiger partial charge in [0.2, 0.25) is 10.0 Å². The third-order valence-corrected chi connectivity index (χ3v) is 4.64. The van der Waals surface area contributed by atoms with Crippen molar-refractivity contribution in [1.29, 1.82) is 0 Å². The number of aromatic amines is 1. The highest BCUT2D eigenvalue weighted by Crippen LogP contribution is 2.18. The van der Waals surface area contributed by atoms with Crippen molar-refractivity contribution in [2.24, 2.45) is 0 Å². The maximum atomic E-state index is 12.1. The van der Waals surface area contributed by atoms with Crippen molar-refractivity contribution in [3.05, 3.63) is 11.4 Å². The first-order valence-electron chi connectivity index (χ1n) is 6.43. The number of aromatic carboxylic acids is 1. The van der Waals surface area contributed by atoms with Crippen LogP contribution in [-0.4, -0.2) is 48.8 Å². The summed E-state index contributed by atoms with van der Waals surface area (Å²) in [5, 5.41) is 18.1. The quantitative estimate of drug-likeness (QED) is 0.494. The van der Waals surface area contributed by atoms with Crippen LogP contribution in [0.1, 0.15) is 35.4 Å². The summed E-state index contributed by atoms with van der Waals surface area (Å²) < 4.78 is 26.6. The van der Waals surface area contributed by atoms with E-state index in [2.05, 4.69) is 20.2 Å². The van der Waals surface area contributed by atoms with E-state index in [1.807, 2.05) is 0 Å². The third kappa shape index (κ3) is 3.56. The molecule has 0 saturated heterocycles. The first kappa shape index (κ1) is 14.9. The van der Waals surface area contributed by atoms with Crippen LogP contribution in [0.4, 0.5) is 0 Å². The smallest absolute Gasteiger partial charge is 0.357 e. The summed E-state index contributed by atoms with van der Waals surface area (Å²) in [6, 6.07) is 0.585. The molecule has 2 rings (SSSR count). The number of sulfonamides is 1. The highest BCUT2D eigenvalue weighted by atomic mass is 32.2. The molecule has 0 atom stereocenters. The van der Waals surface area contributed by atoms with Crippen LogP contribution in [0.25, 0.3) is 0 Å². The molecule has 0 aromatic carbocycles. The Labute approximate surface area is 117 Å². The van der Waals surface area contributed by atoms with Gasteiger partial charge in [-0.05, 0) is 32.7 Å². The molecule has 1 aliphatic carbocycles. The summed E-state index contributed by atoms with van der Waals surface area (Å²) in [5.74, 6) is -1.37. The number of carbonyl (C=O) groups is 1. The van der Waals surface area contributed by atoms with Gasteiger partial charge in [0.25, 0.3) is 0 Å². The van der Waals surface area contributed by atoms with Crippen LogP contribution in [0, 0.1) is 6.92 Å². The lowest BCUT2D eigenvalue weighted by Gasteiger charge is -2.07. The number of carboxylic acids is 1. The lowest BCUT2D eigenvalue weighted by Crippen LogP contribution is -2.29. The predicted molar refractivity (Wildman–Crippen MR) is 71.1 cm³/mol. The van der Waals surface area contributed by atoms with Gasteiger partial charge in [-0.2, -0.15) is 5.10 Å². The van der Waals surface area contributed by atoms with Crippen molar-refractivity contribution in [2.45, 2.75) is 37.1 Å².